The average molecular weight is 317 g/mol. The van der Waals surface area contributed by atoms with E-state index in [4.69, 9.17) is 0 Å². The van der Waals surface area contributed by atoms with Crippen LogP contribution in [0.25, 0.3) is 0 Å². The van der Waals surface area contributed by atoms with Crippen LogP contribution in [0.3, 0.4) is 0 Å². The van der Waals surface area contributed by atoms with Crippen LogP contribution in [0, 0.1) is 12.8 Å². The van der Waals surface area contributed by atoms with E-state index in [9.17, 15) is 4.79 Å². The molecule has 1 amide bonds. The fourth-order valence-electron chi connectivity index (χ4n) is 3.29. The normalized spacial score (nSPS) is 15.4. The molecule has 4 heteroatoms. The highest BCUT2D eigenvalue weighted by Crippen LogP contribution is 2.19. The molecule has 1 fully saturated rings. The van der Waals surface area contributed by atoms with Crippen LogP contribution in [0.1, 0.15) is 38.2 Å². The molecule has 23 heavy (non-hydrogen) atoms. The van der Waals surface area contributed by atoms with Crippen molar-refractivity contribution in [1.82, 2.24) is 10.6 Å². The van der Waals surface area contributed by atoms with Gasteiger partial charge in [0.1, 0.15) is 0 Å². The first-order chi connectivity index (χ1) is 11.2. The summed E-state index contributed by atoms with van der Waals surface area (Å²) >= 11 is 0. The summed E-state index contributed by atoms with van der Waals surface area (Å²) in [6.45, 7) is 9.03. The molecule has 128 valence electrons. The molecule has 0 radical (unpaired) electrons. The average Bonchev–Trinajstić information content (AvgIpc) is 2.59. The second-order valence-electron chi connectivity index (χ2n) is 6.45. The Labute approximate surface area is 140 Å². The topological polar surface area (TPSA) is 44.4 Å². The molecule has 0 unspecified atom stereocenters. The molecule has 0 atom stereocenters. The molecule has 1 aromatic carbocycles. The Morgan fingerprint density at radius 1 is 1.30 bits per heavy atom. The van der Waals surface area contributed by atoms with Crippen LogP contribution in [0.15, 0.2) is 24.3 Å². The Kier molecular flexibility index (Phi) is 7.40. The molecular weight excluding hydrogens is 286 g/mol. The molecular formula is C19H31N3O. The van der Waals surface area contributed by atoms with E-state index in [0.717, 1.165) is 38.5 Å². The fraction of sp³-hybridized carbons (Fsp3) is 0.632. The highest BCUT2D eigenvalue weighted by molar-refractivity contribution is 5.75. The first kappa shape index (κ1) is 17.8. The van der Waals surface area contributed by atoms with Gasteiger partial charge >= 0.3 is 0 Å². The van der Waals surface area contributed by atoms with Crippen molar-refractivity contribution in [3.8, 4) is 0 Å². The van der Waals surface area contributed by atoms with E-state index in [1.54, 1.807) is 0 Å². The Balaban J connectivity index is 1.68. The van der Waals surface area contributed by atoms with E-state index < -0.39 is 0 Å². The van der Waals surface area contributed by atoms with Gasteiger partial charge in [0, 0.05) is 31.7 Å². The lowest BCUT2D eigenvalue weighted by Crippen LogP contribution is -2.35. The molecule has 0 aromatic heterocycles. The summed E-state index contributed by atoms with van der Waals surface area (Å²) in [4.78, 5) is 14.3. The summed E-state index contributed by atoms with van der Waals surface area (Å²) < 4.78 is 0. The Morgan fingerprint density at radius 2 is 2.04 bits per heavy atom. The number of benzene rings is 1. The van der Waals surface area contributed by atoms with Crippen molar-refractivity contribution < 1.29 is 4.79 Å². The van der Waals surface area contributed by atoms with Gasteiger partial charge in [0.25, 0.3) is 0 Å². The van der Waals surface area contributed by atoms with Gasteiger partial charge in [0.15, 0.2) is 0 Å². The molecule has 0 bridgehead atoms. The predicted octanol–water partition coefficient (Wildman–Crippen LogP) is 2.72. The van der Waals surface area contributed by atoms with Gasteiger partial charge in [-0.1, -0.05) is 18.2 Å². The molecule has 0 aliphatic carbocycles. The lowest BCUT2D eigenvalue weighted by Gasteiger charge is -2.25. The molecule has 0 saturated carbocycles. The van der Waals surface area contributed by atoms with Crippen molar-refractivity contribution in [3.63, 3.8) is 0 Å². The second kappa shape index (κ2) is 9.56. The standard InChI is InChI=1S/C19H31N3O/c1-3-22(18-7-5-4-6-16(18)2)15-14-21-19(23)9-8-17-10-12-20-13-11-17/h4-7,17,20H,3,8-15H2,1-2H3,(H,21,23). The number of amides is 1. The zero-order chi connectivity index (χ0) is 16.5. The molecule has 1 heterocycles. The number of rotatable bonds is 8. The summed E-state index contributed by atoms with van der Waals surface area (Å²) in [5.41, 5.74) is 2.55. The van der Waals surface area contributed by atoms with Crippen molar-refractivity contribution in [1.29, 1.82) is 0 Å². The first-order valence-corrected chi connectivity index (χ1v) is 8.98. The molecule has 1 aliphatic rings. The number of hydrogen-bond donors (Lipinski definition) is 2. The highest BCUT2D eigenvalue weighted by atomic mass is 16.1. The van der Waals surface area contributed by atoms with Crippen molar-refractivity contribution in [3.05, 3.63) is 29.8 Å². The van der Waals surface area contributed by atoms with Gasteiger partial charge in [0.2, 0.25) is 5.91 Å². The van der Waals surface area contributed by atoms with Crippen LogP contribution >= 0.6 is 0 Å². The number of likely N-dealkylation sites (N-methyl/N-ethyl adjacent to an activating group) is 1. The van der Waals surface area contributed by atoms with Crippen LogP contribution < -0.4 is 15.5 Å². The molecule has 2 rings (SSSR count). The maximum absolute atomic E-state index is 12.0. The van der Waals surface area contributed by atoms with Crippen molar-refractivity contribution >= 4 is 11.6 Å². The summed E-state index contributed by atoms with van der Waals surface area (Å²) in [5.74, 6) is 0.922. The van der Waals surface area contributed by atoms with Crippen LogP contribution in [0.2, 0.25) is 0 Å². The Morgan fingerprint density at radius 3 is 2.74 bits per heavy atom. The third-order valence-electron chi connectivity index (χ3n) is 4.78. The van der Waals surface area contributed by atoms with Gasteiger partial charge in [-0.3, -0.25) is 4.79 Å². The second-order valence-corrected chi connectivity index (χ2v) is 6.45. The number of aryl methyl sites for hydroxylation is 1. The van der Waals surface area contributed by atoms with Crippen molar-refractivity contribution in [2.24, 2.45) is 5.92 Å². The Hall–Kier alpha value is -1.55. The third-order valence-corrected chi connectivity index (χ3v) is 4.78. The number of hydrogen-bond acceptors (Lipinski definition) is 3. The molecule has 0 spiro atoms. The largest absolute Gasteiger partial charge is 0.370 e. The zero-order valence-electron chi connectivity index (χ0n) is 14.6. The van der Waals surface area contributed by atoms with Crippen LogP contribution in [0.5, 0.6) is 0 Å². The minimum absolute atomic E-state index is 0.198. The minimum atomic E-state index is 0.198. The Bertz CT molecular complexity index is 483. The smallest absolute Gasteiger partial charge is 0.220 e. The summed E-state index contributed by atoms with van der Waals surface area (Å²) in [7, 11) is 0. The number of nitrogens with zero attached hydrogens (tertiary/aromatic N) is 1. The van der Waals surface area contributed by atoms with E-state index in [1.807, 2.05) is 0 Å². The molecule has 1 aliphatic heterocycles. The zero-order valence-corrected chi connectivity index (χ0v) is 14.6. The maximum Gasteiger partial charge on any atom is 0.220 e. The fourth-order valence-corrected chi connectivity index (χ4v) is 3.29. The third kappa shape index (κ3) is 5.87. The first-order valence-electron chi connectivity index (χ1n) is 8.98. The predicted molar refractivity (Wildman–Crippen MR) is 96.9 cm³/mol. The monoisotopic (exact) mass is 317 g/mol. The number of carbonyl (C=O) groups excluding carboxylic acids is 1. The van der Waals surface area contributed by atoms with E-state index >= 15 is 0 Å². The van der Waals surface area contributed by atoms with Gasteiger partial charge < -0.3 is 15.5 Å². The molecule has 1 saturated heterocycles. The highest BCUT2D eigenvalue weighted by Gasteiger charge is 2.14. The molecule has 2 N–H and O–H groups in total. The number of carbonyl (C=O) groups is 1. The lowest BCUT2D eigenvalue weighted by molar-refractivity contribution is -0.121. The van der Waals surface area contributed by atoms with Gasteiger partial charge in [-0.15, -0.1) is 0 Å². The maximum atomic E-state index is 12.0. The number of piperidine rings is 1. The van der Waals surface area contributed by atoms with Crippen LogP contribution in [-0.4, -0.2) is 38.6 Å². The summed E-state index contributed by atoms with van der Waals surface area (Å²) in [6, 6.07) is 8.42. The molecule has 1 aromatic rings. The van der Waals surface area contributed by atoms with E-state index in [2.05, 4.69) is 53.6 Å². The lowest BCUT2D eigenvalue weighted by atomic mass is 9.93. The summed E-state index contributed by atoms with van der Waals surface area (Å²) in [6.07, 6.45) is 4.12. The quantitative estimate of drug-likeness (QED) is 0.775. The van der Waals surface area contributed by atoms with Gasteiger partial charge in [-0.25, -0.2) is 0 Å². The molecule has 4 nitrogen and oxygen atoms in total. The van der Waals surface area contributed by atoms with Crippen LogP contribution in [-0.2, 0) is 4.79 Å². The van der Waals surface area contributed by atoms with Crippen LogP contribution in [0.4, 0.5) is 5.69 Å². The van der Waals surface area contributed by atoms with E-state index in [0.29, 0.717) is 13.0 Å². The number of anilines is 1. The minimum Gasteiger partial charge on any atom is -0.370 e. The van der Waals surface area contributed by atoms with E-state index in [1.165, 1.54) is 24.1 Å². The SMILES string of the molecule is CCN(CCNC(=O)CCC1CCNCC1)c1ccccc1C. The van der Waals surface area contributed by atoms with Crippen molar-refractivity contribution in [2.45, 2.75) is 39.5 Å². The number of para-hydroxylation sites is 1. The van der Waals surface area contributed by atoms with Gasteiger partial charge in [0.05, 0.1) is 0 Å². The van der Waals surface area contributed by atoms with E-state index in [-0.39, 0.29) is 5.91 Å². The van der Waals surface area contributed by atoms with Gasteiger partial charge in [-0.05, 0) is 63.7 Å². The number of nitrogens with one attached hydrogen (secondary N) is 2. The van der Waals surface area contributed by atoms with Gasteiger partial charge in [-0.2, -0.15) is 0 Å². The summed E-state index contributed by atoms with van der Waals surface area (Å²) in [5, 5.41) is 6.45. The van der Waals surface area contributed by atoms with Crippen molar-refractivity contribution in [2.75, 3.05) is 37.6 Å².